The topological polar surface area (TPSA) is 29.1 Å². The number of benzene rings is 1. The van der Waals surface area contributed by atoms with E-state index in [4.69, 9.17) is 0 Å². The van der Waals surface area contributed by atoms with Gasteiger partial charge in [0, 0.05) is 6.04 Å². The molecule has 0 saturated heterocycles. The van der Waals surface area contributed by atoms with E-state index in [0.29, 0.717) is 0 Å². The number of rotatable bonds is 7. The van der Waals surface area contributed by atoms with Crippen molar-refractivity contribution in [3.8, 4) is 0 Å². The lowest BCUT2D eigenvalue weighted by Crippen LogP contribution is -2.40. The maximum Gasteiger partial charge on any atom is 0.139 e. The van der Waals surface area contributed by atoms with Crippen molar-refractivity contribution in [2.24, 2.45) is 0 Å². The van der Waals surface area contributed by atoms with Crippen LogP contribution >= 0.6 is 0 Å². The van der Waals surface area contributed by atoms with Gasteiger partial charge in [-0.1, -0.05) is 13.8 Å². The Balaban J connectivity index is 2.88. The first kappa shape index (κ1) is 16.2. The molecule has 3 unspecified atom stereocenters. The molecule has 2 nitrogen and oxygen atoms in total. The Labute approximate surface area is 116 Å². The lowest BCUT2D eigenvalue weighted by molar-refractivity contribution is 0.484. The summed E-state index contributed by atoms with van der Waals surface area (Å²) in [4.78, 5) is -0.0516. The molecule has 0 aliphatic carbocycles. The summed E-state index contributed by atoms with van der Waals surface area (Å²) >= 11 is 0. The van der Waals surface area contributed by atoms with Gasteiger partial charge in [-0.3, -0.25) is 4.21 Å². The second kappa shape index (κ2) is 7.70. The normalized spacial score (nSPS) is 16.1. The molecule has 5 heteroatoms. The van der Waals surface area contributed by atoms with Crippen LogP contribution in [-0.2, 0) is 10.8 Å². The molecule has 0 fully saturated rings. The van der Waals surface area contributed by atoms with Gasteiger partial charge in [0.2, 0.25) is 0 Å². The molecule has 19 heavy (non-hydrogen) atoms. The molecule has 0 aliphatic heterocycles. The Hall–Kier alpha value is -0.810. The predicted octanol–water partition coefficient (Wildman–Crippen LogP) is 3.24. The molecule has 108 valence electrons. The fourth-order valence-corrected chi connectivity index (χ4v) is 3.43. The molecule has 1 aromatic rings. The van der Waals surface area contributed by atoms with E-state index in [9.17, 15) is 13.0 Å². The van der Waals surface area contributed by atoms with Gasteiger partial charge in [0.15, 0.2) is 0 Å². The van der Waals surface area contributed by atoms with Gasteiger partial charge in [-0.2, -0.15) is 0 Å². The Morgan fingerprint density at radius 1 is 1.32 bits per heavy atom. The van der Waals surface area contributed by atoms with E-state index in [0.717, 1.165) is 37.6 Å². The van der Waals surface area contributed by atoms with Crippen LogP contribution in [0, 0.1) is 11.6 Å². The molecular weight excluding hydrogens is 268 g/mol. The first-order chi connectivity index (χ1) is 9.01. The van der Waals surface area contributed by atoms with E-state index in [1.165, 1.54) is 0 Å². The van der Waals surface area contributed by atoms with Gasteiger partial charge in [-0.05, 0) is 44.5 Å². The number of nitrogens with one attached hydrogen (secondary N) is 1. The van der Waals surface area contributed by atoms with Crippen LogP contribution in [0.4, 0.5) is 8.78 Å². The standard InChI is InChI=1S/C14H21F2NOS/c1-4-8-17-13(5-2)10(3)19(18)14-9-11(15)6-7-12(14)16/h6-7,9-10,13,17H,4-5,8H2,1-3H3. The molecule has 0 saturated carbocycles. The predicted molar refractivity (Wildman–Crippen MR) is 74.6 cm³/mol. The number of halogens is 2. The van der Waals surface area contributed by atoms with E-state index >= 15 is 0 Å². The highest BCUT2D eigenvalue weighted by Gasteiger charge is 2.24. The van der Waals surface area contributed by atoms with Crippen LogP contribution in [0.2, 0.25) is 0 Å². The Morgan fingerprint density at radius 3 is 2.58 bits per heavy atom. The van der Waals surface area contributed by atoms with Crippen molar-refractivity contribution in [3.05, 3.63) is 29.8 Å². The zero-order valence-corrected chi connectivity index (χ0v) is 12.4. The average molecular weight is 289 g/mol. The fourth-order valence-electron chi connectivity index (χ4n) is 1.95. The first-order valence-corrected chi connectivity index (χ1v) is 7.81. The molecule has 0 spiro atoms. The molecule has 1 aromatic carbocycles. The lowest BCUT2D eigenvalue weighted by Gasteiger charge is -2.23. The van der Waals surface area contributed by atoms with Crippen LogP contribution in [0.25, 0.3) is 0 Å². The highest BCUT2D eigenvalue weighted by Crippen LogP contribution is 2.19. The van der Waals surface area contributed by atoms with E-state index in [2.05, 4.69) is 5.32 Å². The van der Waals surface area contributed by atoms with Crippen LogP contribution in [0.3, 0.4) is 0 Å². The minimum absolute atomic E-state index is 0.0310. The van der Waals surface area contributed by atoms with Crippen molar-refractivity contribution in [1.82, 2.24) is 5.32 Å². The maximum absolute atomic E-state index is 13.6. The molecule has 0 radical (unpaired) electrons. The Kier molecular flexibility index (Phi) is 6.58. The summed E-state index contributed by atoms with van der Waals surface area (Å²) in [6.07, 6.45) is 1.77. The summed E-state index contributed by atoms with van der Waals surface area (Å²) in [5.74, 6) is -1.18. The van der Waals surface area contributed by atoms with Gasteiger partial charge in [-0.25, -0.2) is 8.78 Å². The molecule has 0 amide bonds. The molecule has 0 heterocycles. The number of hydrogen-bond donors (Lipinski definition) is 1. The van der Waals surface area contributed by atoms with Gasteiger partial charge >= 0.3 is 0 Å². The van der Waals surface area contributed by atoms with Crippen molar-refractivity contribution in [3.63, 3.8) is 0 Å². The van der Waals surface area contributed by atoms with Gasteiger partial charge in [0.25, 0.3) is 0 Å². The number of hydrogen-bond acceptors (Lipinski definition) is 2. The summed E-state index contributed by atoms with van der Waals surface area (Å²) in [7, 11) is -1.56. The van der Waals surface area contributed by atoms with Crippen LogP contribution in [0.5, 0.6) is 0 Å². The molecule has 3 atom stereocenters. The van der Waals surface area contributed by atoms with Crippen molar-refractivity contribution >= 4 is 10.8 Å². The van der Waals surface area contributed by atoms with Gasteiger partial charge < -0.3 is 5.32 Å². The van der Waals surface area contributed by atoms with Crippen molar-refractivity contribution < 1.29 is 13.0 Å². The zero-order chi connectivity index (χ0) is 14.4. The molecular formula is C14H21F2NOS. The van der Waals surface area contributed by atoms with Crippen LogP contribution in [-0.4, -0.2) is 22.0 Å². The third-order valence-electron chi connectivity index (χ3n) is 3.11. The van der Waals surface area contributed by atoms with E-state index in [1.54, 1.807) is 6.92 Å². The van der Waals surface area contributed by atoms with E-state index in [1.807, 2.05) is 13.8 Å². The summed E-state index contributed by atoms with van der Waals surface area (Å²) in [5.41, 5.74) is 0. The monoisotopic (exact) mass is 289 g/mol. The fraction of sp³-hybridized carbons (Fsp3) is 0.571. The minimum atomic E-state index is -1.56. The van der Waals surface area contributed by atoms with Crippen molar-refractivity contribution in [2.75, 3.05) is 6.54 Å². The molecule has 1 rings (SSSR count). The zero-order valence-electron chi connectivity index (χ0n) is 11.6. The SMILES string of the molecule is CCCNC(CC)C(C)S(=O)c1cc(F)ccc1F. The third kappa shape index (κ3) is 4.35. The van der Waals surface area contributed by atoms with Crippen molar-refractivity contribution in [2.45, 2.75) is 49.8 Å². The Bertz CT molecular complexity index is 439. The summed E-state index contributed by atoms with van der Waals surface area (Å²) in [6, 6.07) is 3.11. The summed E-state index contributed by atoms with van der Waals surface area (Å²) in [6.45, 7) is 6.67. The third-order valence-corrected chi connectivity index (χ3v) is 4.86. The second-order valence-electron chi connectivity index (χ2n) is 4.55. The second-order valence-corrected chi connectivity index (χ2v) is 6.32. The van der Waals surface area contributed by atoms with Crippen LogP contribution in [0.15, 0.2) is 23.1 Å². The lowest BCUT2D eigenvalue weighted by atomic mass is 10.1. The summed E-state index contributed by atoms with van der Waals surface area (Å²) < 4.78 is 39.1. The van der Waals surface area contributed by atoms with Gasteiger partial charge in [0.05, 0.1) is 20.9 Å². The quantitative estimate of drug-likeness (QED) is 0.835. The first-order valence-electron chi connectivity index (χ1n) is 6.60. The highest BCUT2D eigenvalue weighted by atomic mass is 32.2. The largest absolute Gasteiger partial charge is 0.313 e. The maximum atomic E-state index is 13.6. The Morgan fingerprint density at radius 2 is 2.00 bits per heavy atom. The molecule has 0 bridgehead atoms. The smallest absolute Gasteiger partial charge is 0.139 e. The van der Waals surface area contributed by atoms with Crippen LogP contribution < -0.4 is 5.32 Å². The van der Waals surface area contributed by atoms with Crippen LogP contribution in [0.1, 0.15) is 33.6 Å². The van der Waals surface area contributed by atoms with E-state index in [-0.39, 0.29) is 16.2 Å². The minimum Gasteiger partial charge on any atom is -0.313 e. The molecule has 1 N–H and O–H groups in total. The average Bonchev–Trinajstić information content (AvgIpc) is 2.41. The summed E-state index contributed by atoms with van der Waals surface area (Å²) in [5, 5.41) is 3.02. The van der Waals surface area contributed by atoms with Gasteiger partial charge in [-0.15, -0.1) is 0 Å². The molecule has 0 aliphatic rings. The van der Waals surface area contributed by atoms with Crippen molar-refractivity contribution in [1.29, 1.82) is 0 Å². The molecule has 0 aromatic heterocycles. The highest BCUT2D eigenvalue weighted by molar-refractivity contribution is 7.85. The van der Waals surface area contributed by atoms with Gasteiger partial charge in [0.1, 0.15) is 11.6 Å². The van der Waals surface area contributed by atoms with E-state index < -0.39 is 22.4 Å².